The molecule has 6 nitrogen and oxygen atoms in total. The Balaban J connectivity index is 1.53. The topological polar surface area (TPSA) is 58.9 Å². The van der Waals surface area contributed by atoms with E-state index in [0.717, 1.165) is 24.6 Å². The smallest absolute Gasteiger partial charge is 0.263 e. The maximum atomic E-state index is 12.8. The summed E-state index contributed by atoms with van der Waals surface area (Å²) in [7, 11) is 0. The van der Waals surface area contributed by atoms with Gasteiger partial charge < -0.3 is 19.4 Å². The second-order valence-corrected chi connectivity index (χ2v) is 6.26. The number of halogens is 2. The number of anilines is 2. The molecule has 1 aliphatic rings. The molecule has 1 aliphatic heterocycles. The van der Waals surface area contributed by atoms with E-state index in [1.165, 1.54) is 24.3 Å². The summed E-state index contributed by atoms with van der Waals surface area (Å²) >= 11 is 0. The van der Waals surface area contributed by atoms with Gasteiger partial charge in [-0.3, -0.25) is 4.79 Å². The summed E-state index contributed by atoms with van der Waals surface area (Å²) in [4.78, 5) is 19.1. The Kier molecular flexibility index (Phi) is 4.72. The number of fused-ring (bicyclic) bond motifs is 1. The summed E-state index contributed by atoms with van der Waals surface area (Å²) in [5.41, 5.74) is 1.32. The minimum atomic E-state index is -2.61. The van der Waals surface area contributed by atoms with Gasteiger partial charge in [-0.05, 0) is 24.3 Å². The van der Waals surface area contributed by atoms with E-state index in [2.05, 4.69) is 15.2 Å². The molecule has 1 N–H and O–H groups in total. The monoisotopic (exact) mass is 372 g/mol. The number of carbonyl (C=O) groups is 1. The first kappa shape index (κ1) is 17.4. The molecule has 1 fully saturated rings. The number of pyridine rings is 1. The Morgan fingerprint density at radius 1 is 1.15 bits per heavy atom. The van der Waals surface area contributed by atoms with Crippen molar-refractivity contribution in [3.8, 4) is 0 Å². The van der Waals surface area contributed by atoms with Gasteiger partial charge in [-0.25, -0.2) is 13.8 Å². The van der Waals surface area contributed by atoms with E-state index in [-0.39, 0.29) is 11.1 Å². The number of carbonyl (C=O) groups excluding carboxylic acids is 1. The quantitative estimate of drug-likeness (QED) is 0.763. The fraction of sp³-hybridized carbons (Fsp3) is 0.263. The van der Waals surface area contributed by atoms with Crippen LogP contribution in [-0.2, 0) is 4.74 Å². The molecular weight excluding hydrogens is 354 g/mol. The maximum absolute atomic E-state index is 12.8. The molecule has 0 spiro atoms. The zero-order valence-electron chi connectivity index (χ0n) is 14.4. The molecule has 1 amide bonds. The number of rotatable bonds is 4. The molecule has 1 aromatic carbocycles. The molecule has 2 aromatic heterocycles. The molecule has 140 valence electrons. The van der Waals surface area contributed by atoms with Gasteiger partial charge in [-0.15, -0.1) is 0 Å². The summed E-state index contributed by atoms with van der Waals surface area (Å²) in [5.74, 6) is 0.414. The molecule has 0 atom stereocenters. The van der Waals surface area contributed by atoms with Crippen molar-refractivity contribution in [3.63, 3.8) is 0 Å². The minimum Gasteiger partial charge on any atom is -0.378 e. The van der Waals surface area contributed by atoms with E-state index >= 15 is 0 Å². The lowest BCUT2D eigenvalue weighted by Crippen LogP contribution is -2.36. The number of ether oxygens (including phenoxy) is 1. The van der Waals surface area contributed by atoms with Crippen LogP contribution in [0.5, 0.6) is 0 Å². The van der Waals surface area contributed by atoms with E-state index in [9.17, 15) is 13.6 Å². The van der Waals surface area contributed by atoms with Crippen molar-refractivity contribution in [1.82, 2.24) is 9.38 Å². The Labute approximate surface area is 154 Å². The van der Waals surface area contributed by atoms with Crippen molar-refractivity contribution in [2.75, 3.05) is 36.5 Å². The zero-order valence-corrected chi connectivity index (χ0v) is 14.4. The summed E-state index contributed by atoms with van der Waals surface area (Å²) in [5, 5.41) is 2.74. The van der Waals surface area contributed by atoms with E-state index in [1.54, 1.807) is 18.3 Å². The summed E-state index contributed by atoms with van der Waals surface area (Å²) in [6.07, 6.45) is 1.04. The predicted octanol–water partition coefficient (Wildman–Crippen LogP) is 3.36. The van der Waals surface area contributed by atoms with Gasteiger partial charge >= 0.3 is 0 Å². The number of amides is 1. The van der Waals surface area contributed by atoms with Crippen LogP contribution in [0.2, 0.25) is 0 Å². The van der Waals surface area contributed by atoms with E-state index in [0.29, 0.717) is 18.9 Å². The van der Waals surface area contributed by atoms with Gasteiger partial charge in [0.25, 0.3) is 12.3 Å². The third-order valence-electron chi connectivity index (χ3n) is 4.43. The van der Waals surface area contributed by atoms with Crippen LogP contribution >= 0.6 is 0 Å². The Bertz CT molecular complexity index is 967. The van der Waals surface area contributed by atoms with Crippen molar-refractivity contribution in [1.29, 1.82) is 0 Å². The average molecular weight is 372 g/mol. The molecule has 1 saturated heterocycles. The van der Waals surface area contributed by atoms with Gasteiger partial charge in [0.15, 0.2) is 0 Å². The number of hydrogen-bond donors (Lipinski definition) is 1. The van der Waals surface area contributed by atoms with Gasteiger partial charge in [0.2, 0.25) is 0 Å². The molecule has 0 unspecified atom stereocenters. The first-order valence-electron chi connectivity index (χ1n) is 8.61. The largest absolute Gasteiger partial charge is 0.378 e. The third kappa shape index (κ3) is 3.75. The van der Waals surface area contributed by atoms with Gasteiger partial charge in [0.1, 0.15) is 11.5 Å². The lowest BCUT2D eigenvalue weighted by Gasteiger charge is -2.26. The molecule has 0 bridgehead atoms. The molecule has 27 heavy (non-hydrogen) atoms. The molecular formula is C19H18F2N4O2. The number of alkyl halides is 2. The number of benzene rings is 1. The van der Waals surface area contributed by atoms with Crippen LogP contribution in [0.3, 0.4) is 0 Å². The van der Waals surface area contributed by atoms with E-state index in [1.807, 2.05) is 10.6 Å². The number of nitrogens with zero attached hydrogens (tertiary/aromatic N) is 3. The van der Waals surface area contributed by atoms with Crippen LogP contribution in [-0.4, -0.2) is 41.6 Å². The van der Waals surface area contributed by atoms with Crippen LogP contribution < -0.4 is 10.2 Å². The molecule has 8 heteroatoms. The Hall–Kier alpha value is -3.00. The molecule has 0 aliphatic carbocycles. The molecule has 0 saturated carbocycles. The van der Waals surface area contributed by atoms with Crippen molar-refractivity contribution < 1.29 is 18.3 Å². The van der Waals surface area contributed by atoms with Crippen molar-refractivity contribution in [2.45, 2.75) is 6.43 Å². The van der Waals surface area contributed by atoms with E-state index in [4.69, 9.17) is 4.74 Å². The van der Waals surface area contributed by atoms with Gasteiger partial charge in [0, 0.05) is 30.4 Å². The van der Waals surface area contributed by atoms with Crippen molar-refractivity contribution >= 4 is 23.1 Å². The lowest BCUT2D eigenvalue weighted by molar-refractivity contribution is 0.102. The normalized spacial score (nSPS) is 14.7. The predicted molar refractivity (Wildman–Crippen MR) is 97.6 cm³/mol. The fourth-order valence-electron chi connectivity index (χ4n) is 3.02. The van der Waals surface area contributed by atoms with Crippen LogP contribution in [0.1, 0.15) is 22.3 Å². The number of morpholine rings is 1. The minimum absolute atomic E-state index is 0.178. The second-order valence-electron chi connectivity index (χ2n) is 6.26. The van der Waals surface area contributed by atoms with E-state index < -0.39 is 12.3 Å². The standard InChI is InChI=1S/C19H18F2N4O2/c20-18(21)13-2-1-3-14(10-13)19(26)22-15-4-5-16-23-17(12-25(16)11-15)24-6-8-27-9-7-24/h1-5,10-12,18H,6-9H2,(H,22,26). The highest BCUT2D eigenvalue weighted by Crippen LogP contribution is 2.21. The van der Waals surface area contributed by atoms with Gasteiger partial charge in [-0.2, -0.15) is 0 Å². The first-order chi connectivity index (χ1) is 13.1. The Morgan fingerprint density at radius 2 is 1.96 bits per heavy atom. The summed E-state index contributed by atoms with van der Waals surface area (Å²) < 4.78 is 32.8. The molecule has 3 aromatic rings. The SMILES string of the molecule is O=C(Nc1ccc2nc(N3CCOCC3)cn2c1)c1cccc(C(F)F)c1. The average Bonchev–Trinajstić information content (AvgIpc) is 3.12. The first-order valence-corrected chi connectivity index (χ1v) is 8.61. The van der Waals surface area contributed by atoms with Crippen molar-refractivity contribution in [2.24, 2.45) is 0 Å². The number of hydrogen-bond acceptors (Lipinski definition) is 4. The summed E-state index contributed by atoms with van der Waals surface area (Å²) in [6, 6.07) is 8.99. The van der Waals surface area contributed by atoms with Crippen LogP contribution in [0.4, 0.5) is 20.3 Å². The molecule has 4 rings (SSSR count). The highest BCUT2D eigenvalue weighted by Gasteiger charge is 2.15. The highest BCUT2D eigenvalue weighted by molar-refractivity contribution is 6.04. The third-order valence-corrected chi connectivity index (χ3v) is 4.43. The highest BCUT2D eigenvalue weighted by atomic mass is 19.3. The second kappa shape index (κ2) is 7.32. The molecule has 0 radical (unpaired) electrons. The van der Waals surface area contributed by atoms with Crippen LogP contribution in [0.25, 0.3) is 5.65 Å². The number of imidazole rings is 1. The summed E-state index contributed by atoms with van der Waals surface area (Å²) in [6.45, 7) is 2.92. The maximum Gasteiger partial charge on any atom is 0.263 e. The van der Waals surface area contributed by atoms with Crippen molar-refractivity contribution in [3.05, 3.63) is 59.9 Å². The fourth-order valence-corrected chi connectivity index (χ4v) is 3.02. The zero-order chi connectivity index (χ0) is 18.8. The van der Waals surface area contributed by atoms with Gasteiger partial charge in [0.05, 0.1) is 25.1 Å². The number of aromatic nitrogens is 2. The Morgan fingerprint density at radius 3 is 2.74 bits per heavy atom. The van der Waals surface area contributed by atoms with Crippen LogP contribution in [0.15, 0.2) is 48.8 Å². The van der Waals surface area contributed by atoms with Gasteiger partial charge in [-0.1, -0.05) is 12.1 Å². The number of nitrogens with one attached hydrogen (secondary N) is 1. The lowest BCUT2D eigenvalue weighted by atomic mass is 10.1. The molecule has 3 heterocycles. The van der Waals surface area contributed by atoms with Crippen LogP contribution in [0, 0.1) is 0 Å².